The number of pyridine rings is 1. The van der Waals surface area contributed by atoms with E-state index in [1.165, 1.54) is 108 Å². The molecule has 2 aromatic heterocycles. The van der Waals surface area contributed by atoms with Gasteiger partial charge in [-0.2, -0.15) is 0 Å². The van der Waals surface area contributed by atoms with Gasteiger partial charge in [0.2, 0.25) is 0 Å². The van der Waals surface area contributed by atoms with Crippen molar-refractivity contribution in [1.82, 2.24) is 4.98 Å². The summed E-state index contributed by atoms with van der Waals surface area (Å²) in [6.45, 7) is 0. The van der Waals surface area contributed by atoms with Crippen LogP contribution in [0.3, 0.4) is 0 Å². The minimum absolute atomic E-state index is 1.03. The van der Waals surface area contributed by atoms with Crippen LogP contribution in [-0.4, -0.2) is 4.98 Å². The highest BCUT2D eigenvalue weighted by molar-refractivity contribution is 7.26. The Kier molecular flexibility index (Phi) is 7.70. The zero-order chi connectivity index (χ0) is 36.3. The first-order valence-electron chi connectivity index (χ1n) is 19.4. The highest BCUT2D eigenvalue weighted by atomic mass is 32.1. The molecular weight excluding hydrogens is 683 g/mol. The molecule has 55 heavy (non-hydrogen) atoms. The van der Waals surface area contributed by atoms with Gasteiger partial charge in [-0.3, -0.25) is 4.98 Å². The summed E-state index contributed by atoms with van der Waals surface area (Å²) in [5, 5.41) is 8.14. The average Bonchev–Trinajstić information content (AvgIpc) is 3.65. The molecule has 0 fully saturated rings. The van der Waals surface area contributed by atoms with Crippen LogP contribution in [0.1, 0.15) is 41.5 Å². The van der Waals surface area contributed by atoms with E-state index in [1.807, 2.05) is 23.7 Å². The smallest absolute Gasteiger partial charge is 0.0433 e. The summed E-state index contributed by atoms with van der Waals surface area (Å²) < 4.78 is 2.64. The number of allylic oxidation sites excluding steroid dienone is 5. The Hall–Kier alpha value is -6.35. The van der Waals surface area contributed by atoms with Crippen molar-refractivity contribution >= 4 is 70.3 Å². The second-order valence-corrected chi connectivity index (χ2v) is 16.0. The molecule has 0 atom stereocenters. The molecule has 0 bridgehead atoms. The molecule has 260 valence electrons. The first-order valence-corrected chi connectivity index (χ1v) is 20.2. The molecule has 2 heteroatoms. The van der Waals surface area contributed by atoms with Gasteiger partial charge in [-0.25, -0.2) is 0 Å². The first-order chi connectivity index (χ1) is 27.2. The van der Waals surface area contributed by atoms with Crippen LogP contribution in [0.25, 0.3) is 92.3 Å². The molecule has 0 saturated carbocycles. The van der Waals surface area contributed by atoms with Crippen molar-refractivity contribution in [3.8, 4) is 33.4 Å². The van der Waals surface area contributed by atoms with Gasteiger partial charge in [-0.15, -0.1) is 11.3 Å². The molecule has 0 saturated heterocycles. The molecule has 7 aromatic carbocycles. The van der Waals surface area contributed by atoms with Crippen LogP contribution in [-0.2, 0) is 6.42 Å². The number of fused-ring (bicyclic) bond motifs is 9. The van der Waals surface area contributed by atoms with Gasteiger partial charge in [0.15, 0.2) is 0 Å². The molecule has 0 amide bonds. The van der Waals surface area contributed by atoms with Crippen molar-refractivity contribution in [2.24, 2.45) is 0 Å². The molecule has 0 unspecified atom stereocenters. The zero-order valence-electron chi connectivity index (χ0n) is 30.4. The third kappa shape index (κ3) is 5.56. The molecule has 0 spiro atoms. The van der Waals surface area contributed by atoms with E-state index in [1.54, 1.807) is 0 Å². The van der Waals surface area contributed by atoms with E-state index in [2.05, 4.69) is 169 Å². The van der Waals surface area contributed by atoms with Crippen molar-refractivity contribution in [1.29, 1.82) is 0 Å². The number of benzene rings is 7. The SMILES string of the molecule is C1=Cc2c(c3ccc(C4=CC=C(c5cccc(-c6cccc(-c7ccc8sc9c(-c%10ccncc%10)cccc9c8c7)c6)c5)CC4)cc3c3ccccc23)CC1. The van der Waals surface area contributed by atoms with E-state index in [4.69, 9.17) is 0 Å². The number of aryl methyl sites for hydroxylation is 1. The van der Waals surface area contributed by atoms with Gasteiger partial charge in [0.25, 0.3) is 0 Å². The molecule has 2 heterocycles. The van der Waals surface area contributed by atoms with Gasteiger partial charge in [0.1, 0.15) is 0 Å². The van der Waals surface area contributed by atoms with Crippen LogP contribution >= 0.6 is 11.3 Å². The van der Waals surface area contributed by atoms with E-state index < -0.39 is 0 Å². The van der Waals surface area contributed by atoms with Crippen molar-refractivity contribution < 1.29 is 0 Å². The van der Waals surface area contributed by atoms with E-state index >= 15 is 0 Å². The Morgan fingerprint density at radius 1 is 0.436 bits per heavy atom. The Labute approximate surface area is 325 Å². The van der Waals surface area contributed by atoms with Crippen molar-refractivity contribution in [2.45, 2.75) is 25.7 Å². The summed E-state index contributed by atoms with van der Waals surface area (Å²) in [6, 6.07) is 52.1. The normalized spacial score (nSPS) is 14.0. The van der Waals surface area contributed by atoms with Crippen LogP contribution < -0.4 is 0 Å². The first kappa shape index (κ1) is 32.1. The predicted molar refractivity (Wildman–Crippen MR) is 237 cm³/mol. The summed E-state index contributed by atoms with van der Waals surface area (Å²) in [6.07, 6.45) is 17.4. The molecule has 11 rings (SSSR count). The minimum Gasteiger partial charge on any atom is -0.265 e. The number of nitrogens with zero attached hydrogens (tertiary/aromatic N) is 1. The largest absolute Gasteiger partial charge is 0.265 e. The maximum Gasteiger partial charge on any atom is 0.0433 e. The predicted octanol–water partition coefficient (Wildman–Crippen LogP) is 15.0. The van der Waals surface area contributed by atoms with Crippen LogP contribution in [0.2, 0.25) is 0 Å². The summed E-state index contributed by atoms with van der Waals surface area (Å²) in [4.78, 5) is 4.23. The number of rotatable bonds is 5. The number of hydrogen-bond donors (Lipinski definition) is 0. The number of thiophene rings is 1. The Morgan fingerprint density at radius 3 is 1.85 bits per heavy atom. The average molecular weight is 720 g/mol. The third-order valence-electron chi connectivity index (χ3n) is 11.8. The van der Waals surface area contributed by atoms with Crippen molar-refractivity contribution in [3.05, 3.63) is 192 Å². The highest BCUT2D eigenvalue weighted by Gasteiger charge is 2.17. The quantitative estimate of drug-likeness (QED) is 0.161. The highest BCUT2D eigenvalue weighted by Crippen LogP contribution is 2.43. The van der Waals surface area contributed by atoms with Crippen molar-refractivity contribution in [3.63, 3.8) is 0 Å². The Morgan fingerprint density at radius 2 is 1.07 bits per heavy atom. The summed E-state index contributed by atoms with van der Waals surface area (Å²) in [5.74, 6) is 0. The molecule has 0 aliphatic heterocycles. The number of aromatic nitrogens is 1. The molecule has 9 aromatic rings. The van der Waals surface area contributed by atoms with Gasteiger partial charge >= 0.3 is 0 Å². The van der Waals surface area contributed by atoms with Gasteiger partial charge in [-0.1, -0.05) is 121 Å². The zero-order valence-corrected chi connectivity index (χ0v) is 31.2. The fourth-order valence-electron chi connectivity index (χ4n) is 9.01. The maximum atomic E-state index is 4.23. The van der Waals surface area contributed by atoms with Crippen molar-refractivity contribution in [2.75, 3.05) is 0 Å². The van der Waals surface area contributed by atoms with Gasteiger partial charge in [0, 0.05) is 32.6 Å². The fraction of sp³-hybridized carbons (Fsp3) is 0.0755. The van der Waals surface area contributed by atoms with E-state index in [9.17, 15) is 0 Å². The molecule has 0 radical (unpaired) electrons. The number of hydrogen-bond acceptors (Lipinski definition) is 2. The van der Waals surface area contributed by atoms with E-state index in [0.29, 0.717) is 0 Å². The lowest BCUT2D eigenvalue weighted by Gasteiger charge is -2.20. The molecule has 2 aliphatic carbocycles. The fourth-order valence-corrected chi connectivity index (χ4v) is 10.2. The van der Waals surface area contributed by atoms with E-state index in [0.717, 1.165) is 25.7 Å². The second-order valence-electron chi connectivity index (χ2n) is 14.9. The monoisotopic (exact) mass is 719 g/mol. The maximum absolute atomic E-state index is 4.23. The Balaban J connectivity index is 0.900. The lowest BCUT2D eigenvalue weighted by Crippen LogP contribution is -1.99. The van der Waals surface area contributed by atoms with Crippen LogP contribution in [0, 0.1) is 0 Å². The third-order valence-corrected chi connectivity index (χ3v) is 13.0. The van der Waals surface area contributed by atoms with E-state index in [-0.39, 0.29) is 0 Å². The molecule has 1 nitrogen and oxygen atoms in total. The van der Waals surface area contributed by atoms with Gasteiger partial charge in [0.05, 0.1) is 0 Å². The second kappa shape index (κ2) is 13.2. The lowest BCUT2D eigenvalue weighted by atomic mass is 9.84. The minimum atomic E-state index is 1.03. The van der Waals surface area contributed by atoms with Gasteiger partial charge < -0.3 is 0 Å². The lowest BCUT2D eigenvalue weighted by molar-refractivity contribution is 1.00. The standard InChI is InChI=1S/C53H37NS/c1-2-14-46-44(12-1)45-13-3-4-15-47(45)50-32-41(22-24-48(46)50)35-20-18-34(19-21-35)37-8-5-9-38(30-37)39-10-6-11-40(31-39)42-23-25-52-51(33-42)49-17-7-16-43(53(49)55-52)36-26-28-54-29-27-36/h1,3-13,15-18,20,22-33H,2,14,19,21H2. The summed E-state index contributed by atoms with van der Waals surface area (Å²) in [5.41, 5.74) is 15.8. The molecule has 0 N–H and O–H groups in total. The summed E-state index contributed by atoms with van der Waals surface area (Å²) >= 11 is 1.87. The van der Waals surface area contributed by atoms with Crippen LogP contribution in [0.5, 0.6) is 0 Å². The van der Waals surface area contributed by atoms with Crippen LogP contribution in [0.4, 0.5) is 0 Å². The Bertz CT molecular complexity index is 3080. The summed E-state index contributed by atoms with van der Waals surface area (Å²) in [7, 11) is 0. The molecule has 2 aliphatic rings. The topological polar surface area (TPSA) is 12.9 Å². The van der Waals surface area contributed by atoms with Crippen LogP contribution in [0.15, 0.2) is 170 Å². The molecular formula is C53H37NS. The van der Waals surface area contributed by atoms with Gasteiger partial charge in [-0.05, 0) is 156 Å².